The Morgan fingerprint density at radius 3 is 2.16 bits per heavy atom. The van der Waals surface area contributed by atoms with Crippen LogP contribution in [0.3, 0.4) is 0 Å². The Bertz CT molecular complexity index is 699. The first-order valence-corrected chi connectivity index (χ1v) is 6.20. The first-order valence-electron chi connectivity index (χ1n) is 6.20. The summed E-state index contributed by atoms with van der Waals surface area (Å²) in [4.78, 5) is 0. The number of hydrogen-bond acceptors (Lipinski definition) is 3. The maximum absolute atomic E-state index is 5.41. The van der Waals surface area contributed by atoms with Crippen LogP contribution in [0.4, 0.5) is 0 Å². The monoisotopic (exact) mass is 250 g/mol. The van der Waals surface area contributed by atoms with Gasteiger partial charge in [0.2, 0.25) is 11.8 Å². The highest BCUT2D eigenvalue weighted by molar-refractivity contribution is 5.67. The fourth-order valence-corrected chi connectivity index (χ4v) is 2.04. The van der Waals surface area contributed by atoms with Crippen molar-refractivity contribution < 1.29 is 4.42 Å². The fourth-order valence-electron chi connectivity index (χ4n) is 2.04. The lowest BCUT2D eigenvalue weighted by Crippen LogP contribution is -1.81. The molecule has 3 nitrogen and oxygen atoms in total. The molecular formula is C16H14N2O. The maximum Gasteiger partial charge on any atom is 0.247 e. The van der Waals surface area contributed by atoms with Crippen molar-refractivity contribution in [2.75, 3.05) is 0 Å². The lowest BCUT2D eigenvalue weighted by atomic mass is 10.0. The van der Waals surface area contributed by atoms with Crippen LogP contribution in [-0.4, -0.2) is 10.2 Å². The van der Waals surface area contributed by atoms with E-state index in [9.17, 15) is 0 Å². The van der Waals surface area contributed by atoms with E-state index in [4.69, 9.17) is 4.42 Å². The Morgan fingerprint density at radius 1 is 0.789 bits per heavy atom. The molecular weight excluding hydrogens is 236 g/mol. The van der Waals surface area contributed by atoms with Crippen molar-refractivity contribution in [1.29, 1.82) is 0 Å². The molecule has 1 aromatic heterocycles. The largest absolute Gasteiger partial charge is 0.421 e. The first kappa shape index (κ1) is 11.7. The minimum atomic E-state index is 0.563. The molecule has 19 heavy (non-hydrogen) atoms. The predicted molar refractivity (Wildman–Crippen MR) is 74.6 cm³/mol. The van der Waals surface area contributed by atoms with E-state index in [1.54, 1.807) is 6.92 Å². The van der Waals surface area contributed by atoms with Gasteiger partial charge < -0.3 is 4.42 Å². The van der Waals surface area contributed by atoms with Gasteiger partial charge in [0.1, 0.15) is 0 Å². The quantitative estimate of drug-likeness (QED) is 0.689. The molecule has 0 aliphatic heterocycles. The van der Waals surface area contributed by atoms with Crippen molar-refractivity contribution in [1.82, 2.24) is 10.2 Å². The van der Waals surface area contributed by atoms with E-state index in [1.165, 1.54) is 16.7 Å². The smallest absolute Gasteiger partial charge is 0.247 e. The summed E-state index contributed by atoms with van der Waals surface area (Å²) in [6.07, 6.45) is 0. The zero-order valence-electron chi connectivity index (χ0n) is 10.9. The third kappa shape index (κ3) is 2.40. The van der Waals surface area contributed by atoms with Gasteiger partial charge in [0.05, 0.1) is 0 Å². The van der Waals surface area contributed by atoms with Gasteiger partial charge >= 0.3 is 0 Å². The minimum Gasteiger partial charge on any atom is -0.421 e. The molecule has 0 aliphatic carbocycles. The second-order valence-electron chi connectivity index (χ2n) is 4.57. The van der Waals surface area contributed by atoms with Gasteiger partial charge in [0.15, 0.2) is 0 Å². The highest BCUT2D eigenvalue weighted by Gasteiger charge is 2.06. The highest BCUT2D eigenvalue weighted by Crippen LogP contribution is 2.24. The Balaban J connectivity index is 1.95. The van der Waals surface area contributed by atoms with Crippen LogP contribution < -0.4 is 0 Å². The van der Waals surface area contributed by atoms with Crippen LogP contribution in [0.15, 0.2) is 52.9 Å². The zero-order chi connectivity index (χ0) is 13.2. The number of rotatable bonds is 2. The van der Waals surface area contributed by atoms with E-state index in [1.807, 2.05) is 12.1 Å². The average molecular weight is 250 g/mol. The molecule has 0 atom stereocenters. The van der Waals surface area contributed by atoms with Gasteiger partial charge in [0.25, 0.3) is 0 Å². The Hall–Kier alpha value is -2.42. The van der Waals surface area contributed by atoms with E-state index in [0.29, 0.717) is 11.8 Å². The summed E-state index contributed by atoms with van der Waals surface area (Å²) in [5.41, 5.74) is 4.60. The van der Waals surface area contributed by atoms with Crippen molar-refractivity contribution in [3.63, 3.8) is 0 Å². The van der Waals surface area contributed by atoms with E-state index < -0.39 is 0 Å². The number of benzene rings is 2. The molecule has 0 amide bonds. The molecule has 94 valence electrons. The second kappa shape index (κ2) is 4.69. The molecule has 0 fully saturated rings. The molecule has 0 spiro atoms. The molecule has 0 radical (unpaired) electrons. The van der Waals surface area contributed by atoms with Gasteiger partial charge in [-0.2, -0.15) is 0 Å². The third-order valence-corrected chi connectivity index (χ3v) is 3.01. The summed E-state index contributed by atoms with van der Waals surface area (Å²) in [5, 5.41) is 7.85. The van der Waals surface area contributed by atoms with Crippen molar-refractivity contribution in [2.45, 2.75) is 13.8 Å². The molecule has 3 heteroatoms. The van der Waals surface area contributed by atoms with E-state index in [-0.39, 0.29) is 0 Å². The van der Waals surface area contributed by atoms with Gasteiger partial charge in [-0.15, -0.1) is 10.2 Å². The third-order valence-electron chi connectivity index (χ3n) is 3.01. The standard InChI is InChI=1S/C16H14N2O/c1-11-4-3-5-15(10-11)13-6-8-14(9-7-13)16-18-17-12(2)19-16/h3-10H,1-2H3. The SMILES string of the molecule is Cc1cccc(-c2ccc(-c3nnc(C)o3)cc2)c1. The van der Waals surface area contributed by atoms with Gasteiger partial charge in [-0.25, -0.2) is 0 Å². The van der Waals surface area contributed by atoms with Crippen LogP contribution in [-0.2, 0) is 0 Å². The van der Waals surface area contributed by atoms with Crippen LogP contribution in [0.25, 0.3) is 22.6 Å². The predicted octanol–water partition coefficient (Wildman–Crippen LogP) is 4.02. The van der Waals surface area contributed by atoms with Crippen molar-refractivity contribution in [3.05, 3.63) is 60.0 Å². The van der Waals surface area contributed by atoms with Gasteiger partial charge in [-0.1, -0.05) is 42.0 Å². The molecule has 0 bridgehead atoms. The van der Waals surface area contributed by atoms with Crippen molar-refractivity contribution >= 4 is 0 Å². The number of aryl methyl sites for hydroxylation is 2. The minimum absolute atomic E-state index is 0.563. The number of nitrogens with zero attached hydrogens (tertiary/aromatic N) is 2. The summed E-state index contributed by atoms with van der Waals surface area (Å²) >= 11 is 0. The topological polar surface area (TPSA) is 38.9 Å². The Morgan fingerprint density at radius 2 is 1.53 bits per heavy atom. The average Bonchev–Trinajstić information content (AvgIpc) is 2.86. The molecule has 0 aliphatic rings. The highest BCUT2D eigenvalue weighted by atomic mass is 16.4. The van der Waals surface area contributed by atoms with Crippen molar-refractivity contribution in [3.8, 4) is 22.6 Å². The van der Waals surface area contributed by atoms with Gasteiger partial charge in [0, 0.05) is 12.5 Å². The molecule has 0 saturated carbocycles. The lowest BCUT2D eigenvalue weighted by molar-refractivity contribution is 0.533. The lowest BCUT2D eigenvalue weighted by Gasteiger charge is -2.03. The molecule has 0 unspecified atom stereocenters. The normalized spacial score (nSPS) is 10.6. The molecule has 0 N–H and O–H groups in total. The van der Waals surface area contributed by atoms with E-state index in [0.717, 1.165) is 5.56 Å². The molecule has 1 heterocycles. The van der Waals surface area contributed by atoms with Crippen LogP contribution in [0.1, 0.15) is 11.5 Å². The second-order valence-corrected chi connectivity index (χ2v) is 4.57. The van der Waals surface area contributed by atoms with Crippen molar-refractivity contribution in [2.24, 2.45) is 0 Å². The van der Waals surface area contributed by atoms with E-state index in [2.05, 4.69) is 53.5 Å². The summed E-state index contributed by atoms with van der Waals surface area (Å²) in [6.45, 7) is 3.89. The molecule has 0 saturated heterocycles. The Kier molecular flexibility index (Phi) is 2.88. The van der Waals surface area contributed by atoms with Crippen LogP contribution in [0, 0.1) is 13.8 Å². The molecule has 3 rings (SSSR count). The summed E-state index contributed by atoms with van der Waals surface area (Å²) in [6, 6.07) is 16.6. The number of hydrogen-bond donors (Lipinski definition) is 0. The summed E-state index contributed by atoms with van der Waals surface area (Å²) in [5.74, 6) is 1.14. The van der Waals surface area contributed by atoms with E-state index >= 15 is 0 Å². The number of aromatic nitrogens is 2. The maximum atomic E-state index is 5.41. The van der Waals surface area contributed by atoms with Gasteiger partial charge in [-0.3, -0.25) is 0 Å². The molecule has 2 aromatic carbocycles. The summed E-state index contributed by atoms with van der Waals surface area (Å²) in [7, 11) is 0. The first-order chi connectivity index (χ1) is 9.22. The summed E-state index contributed by atoms with van der Waals surface area (Å²) < 4.78 is 5.41. The molecule has 3 aromatic rings. The van der Waals surface area contributed by atoms with Crippen LogP contribution in [0.5, 0.6) is 0 Å². The van der Waals surface area contributed by atoms with Gasteiger partial charge in [-0.05, 0) is 30.2 Å². The fraction of sp³-hybridized carbons (Fsp3) is 0.125. The Labute approximate surface area is 111 Å². The zero-order valence-corrected chi connectivity index (χ0v) is 10.9. The van der Waals surface area contributed by atoms with Crippen LogP contribution >= 0.6 is 0 Å². The van der Waals surface area contributed by atoms with Crippen LogP contribution in [0.2, 0.25) is 0 Å².